The lowest BCUT2D eigenvalue weighted by Crippen LogP contribution is -2.40. The van der Waals surface area contributed by atoms with Crippen molar-refractivity contribution in [3.63, 3.8) is 0 Å². The van der Waals surface area contributed by atoms with Crippen molar-refractivity contribution in [2.24, 2.45) is 0 Å². The van der Waals surface area contributed by atoms with Gasteiger partial charge in [-0.2, -0.15) is 0 Å². The summed E-state index contributed by atoms with van der Waals surface area (Å²) in [6.45, 7) is 0.834. The zero-order valence-electron chi connectivity index (χ0n) is 13.5. The lowest BCUT2D eigenvalue weighted by molar-refractivity contribution is -0.141. The van der Waals surface area contributed by atoms with Gasteiger partial charge in [-0.1, -0.05) is 18.2 Å². The predicted octanol–water partition coefficient (Wildman–Crippen LogP) is 2.37. The summed E-state index contributed by atoms with van der Waals surface area (Å²) >= 11 is 1.38. The molecule has 2 heterocycles. The van der Waals surface area contributed by atoms with Crippen LogP contribution < -0.4 is 5.32 Å². The first-order valence-corrected chi connectivity index (χ1v) is 8.88. The van der Waals surface area contributed by atoms with E-state index in [1.807, 2.05) is 11.4 Å². The molecule has 0 unspecified atom stereocenters. The van der Waals surface area contributed by atoms with Crippen LogP contribution in [0.25, 0.3) is 0 Å². The van der Waals surface area contributed by atoms with Crippen molar-refractivity contribution in [2.45, 2.75) is 25.4 Å². The Hall–Kier alpha value is -2.67. The maximum absolute atomic E-state index is 12.5. The second-order valence-corrected chi connectivity index (χ2v) is 6.80. The molecule has 7 heteroatoms. The summed E-state index contributed by atoms with van der Waals surface area (Å²) < 4.78 is 0. The molecule has 0 radical (unpaired) electrons. The number of nitrogens with one attached hydrogen (secondary N) is 1. The van der Waals surface area contributed by atoms with E-state index in [9.17, 15) is 19.5 Å². The highest BCUT2D eigenvalue weighted by Gasteiger charge is 2.34. The number of hydrogen-bond donors (Lipinski definition) is 2. The Morgan fingerprint density at radius 2 is 1.96 bits per heavy atom. The minimum Gasteiger partial charge on any atom is -0.480 e. The Morgan fingerprint density at radius 3 is 2.60 bits per heavy atom. The van der Waals surface area contributed by atoms with Gasteiger partial charge in [0, 0.05) is 18.7 Å². The molecule has 2 amide bonds. The number of carbonyl (C=O) groups excluding carboxylic acids is 2. The molecule has 0 bridgehead atoms. The van der Waals surface area contributed by atoms with Gasteiger partial charge >= 0.3 is 5.97 Å². The Bertz CT molecular complexity index is 771. The van der Waals surface area contributed by atoms with Gasteiger partial charge in [0.15, 0.2) is 0 Å². The quantitative estimate of drug-likeness (QED) is 0.859. The largest absolute Gasteiger partial charge is 0.480 e. The number of amides is 2. The highest BCUT2D eigenvalue weighted by molar-refractivity contribution is 7.12. The van der Waals surface area contributed by atoms with Crippen molar-refractivity contribution in [2.75, 3.05) is 6.54 Å². The fourth-order valence-electron chi connectivity index (χ4n) is 2.87. The summed E-state index contributed by atoms with van der Waals surface area (Å²) in [7, 11) is 0. The normalized spacial score (nSPS) is 16.6. The highest BCUT2D eigenvalue weighted by Crippen LogP contribution is 2.20. The molecule has 3 rings (SSSR count). The molecule has 1 aromatic carbocycles. The third-order valence-electron chi connectivity index (χ3n) is 4.20. The number of carboxylic acids is 1. The van der Waals surface area contributed by atoms with Gasteiger partial charge < -0.3 is 15.3 Å². The van der Waals surface area contributed by atoms with Crippen LogP contribution in [0.3, 0.4) is 0 Å². The maximum Gasteiger partial charge on any atom is 0.326 e. The van der Waals surface area contributed by atoms with Gasteiger partial charge in [0.05, 0.1) is 4.88 Å². The zero-order chi connectivity index (χ0) is 17.8. The van der Waals surface area contributed by atoms with Crippen molar-refractivity contribution in [3.05, 3.63) is 57.8 Å². The van der Waals surface area contributed by atoms with E-state index in [0.717, 1.165) is 5.56 Å². The van der Waals surface area contributed by atoms with Gasteiger partial charge in [0.25, 0.3) is 11.8 Å². The van der Waals surface area contributed by atoms with Crippen LogP contribution >= 0.6 is 11.3 Å². The Kier molecular flexibility index (Phi) is 5.14. The van der Waals surface area contributed by atoms with Crippen LogP contribution in [0.1, 0.15) is 38.4 Å². The van der Waals surface area contributed by atoms with Gasteiger partial charge in [-0.15, -0.1) is 11.3 Å². The van der Waals surface area contributed by atoms with Crippen molar-refractivity contribution < 1.29 is 19.5 Å². The van der Waals surface area contributed by atoms with Crippen LogP contribution in [0.2, 0.25) is 0 Å². The molecule has 6 nitrogen and oxygen atoms in total. The van der Waals surface area contributed by atoms with Crippen LogP contribution in [0.15, 0.2) is 41.8 Å². The van der Waals surface area contributed by atoms with E-state index in [1.165, 1.54) is 16.2 Å². The van der Waals surface area contributed by atoms with Crippen molar-refractivity contribution >= 4 is 29.1 Å². The van der Waals surface area contributed by atoms with Crippen molar-refractivity contribution in [1.29, 1.82) is 0 Å². The van der Waals surface area contributed by atoms with Crippen LogP contribution in [0.5, 0.6) is 0 Å². The van der Waals surface area contributed by atoms with Gasteiger partial charge in [-0.05, 0) is 42.0 Å². The van der Waals surface area contributed by atoms with Gasteiger partial charge in [-0.25, -0.2) is 4.79 Å². The maximum atomic E-state index is 12.5. The Morgan fingerprint density at radius 1 is 1.20 bits per heavy atom. The summed E-state index contributed by atoms with van der Waals surface area (Å²) in [5.74, 6) is -1.35. The average Bonchev–Trinajstić information content (AvgIpc) is 3.30. The van der Waals surface area contributed by atoms with Crippen molar-refractivity contribution in [1.82, 2.24) is 10.2 Å². The number of carbonyl (C=O) groups is 3. The first kappa shape index (κ1) is 17.2. The molecule has 2 N–H and O–H groups in total. The van der Waals surface area contributed by atoms with E-state index in [4.69, 9.17) is 0 Å². The molecule has 25 heavy (non-hydrogen) atoms. The first-order chi connectivity index (χ1) is 12.1. The van der Waals surface area contributed by atoms with E-state index in [2.05, 4.69) is 5.32 Å². The fourth-order valence-corrected chi connectivity index (χ4v) is 3.51. The summed E-state index contributed by atoms with van der Waals surface area (Å²) in [6, 6.07) is 9.73. The van der Waals surface area contributed by atoms with E-state index >= 15 is 0 Å². The molecular formula is C18H18N2O4S. The topological polar surface area (TPSA) is 86.7 Å². The molecule has 1 fully saturated rings. The van der Waals surface area contributed by atoms with Crippen LogP contribution in [0, 0.1) is 0 Å². The SMILES string of the molecule is O=C(NCc1ccc(C(=O)N2CCC[C@@H]2C(=O)O)cc1)c1cccs1. The first-order valence-electron chi connectivity index (χ1n) is 8.00. The van der Waals surface area contributed by atoms with E-state index in [-0.39, 0.29) is 11.8 Å². The number of benzene rings is 1. The monoisotopic (exact) mass is 358 g/mol. The molecule has 0 spiro atoms. The number of carboxylic acid groups (broad SMARTS) is 1. The summed E-state index contributed by atoms with van der Waals surface area (Å²) in [6.07, 6.45) is 1.20. The number of hydrogen-bond acceptors (Lipinski definition) is 4. The standard InChI is InChI=1S/C18H18N2O4S/c21-16(15-4-2-10-25-15)19-11-12-5-7-13(8-6-12)17(22)20-9-1-3-14(20)18(23)24/h2,4-8,10,14H,1,3,9,11H2,(H,19,21)(H,23,24)/t14-/m1/s1. The van der Waals surface area contributed by atoms with Crippen LogP contribution in [-0.4, -0.2) is 40.4 Å². The zero-order valence-corrected chi connectivity index (χ0v) is 14.3. The van der Waals surface area contributed by atoms with Gasteiger partial charge in [0.2, 0.25) is 0 Å². The molecule has 130 valence electrons. The third kappa shape index (κ3) is 3.88. The van der Waals surface area contributed by atoms with Crippen LogP contribution in [0.4, 0.5) is 0 Å². The van der Waals surface area contributed by atoms with Gasteiger partial charge in [-0.3, -0.25) is 9.59 Å². The Balaban J connectivity index is 1.61. The van der Waals surface area contributed by atoms with Crippen LogP contribution in [-0.2, 0) is 11.3 Å². The molecule has 1 saturated heterocycles. The number of likely N-dealkylation sites (tertiary alicyclic amines) is 1. The smallest absolute Gasteiger partial charge is 0.326 e. The van der Waals surface area contributed by atoms with E-state index in [1.54, 1.807) is 30.3 Å². The van der Waals surface area contributed by atoms with Crippen molar-refractivity contribution in [3.8, 4) is 0 Å². The second kappa shape index (κ2) is 7.48. The molecule has 0 saturated carbocycles. The minimum absolute atomic E-state index is 0.128. The number of rotatable bonds is 5. The fraction of sp³-hybridized carbons (Fsp3) is 0.278. The summed E-state index contributed by atoms with van der Waals surface area (Å²) in [5.41, 5.74) is 1.33. The lowest BCUT2D eigenvalue weighted by Gasteiger charge is -2.21. The Labute approximate surface area is 149 Å². The molecular weight excluding hydrogens is 340 g/mol. The minimum atomic E-state index is -0.959. The highest BCUT2D eigenvalue weighted by atomic mass is 32.1. The molecule has 1 aliphatic rings. The molecule has 1 aliphatic heterocycles. The van der Waals surface area contributed by atoms with E-state index < -0.39 is 12.0 Å². The number of thiophene rings is 1. The van der Waals surface area contributed by atoms with Gasteiger partial charge in [0.1, 0.15) is 6.04 Å². The molecule has 1 aromatic heterocycles. The third-order valence-corrected chi connectivity index (χ3v) is 5.07. The lowest BCUT2D eigenvalue weighted by atomic mass is 10.1. The predicted molar refractivity (Wildman–Crippen MR) is 93.6 cm³/mol. The summed E-state index contributed by atoms with van der Waals surface area (Å²) in [5, 5.41) is 13.9. The molecule has 2 aromatic rings. The molecule has 0 aliphatic carbocycles. The number of aliphatic carboxylic acids is 1. The summed E-state index contributed by atoms with van der Waals surface area (Å²) in [4.78, 5) is 37.7. The molecule has 1 atom stereocenters. The second-order valence-electron chi connectivity index (χ2n) is 5.85. The van der Waals surface area contributed by atoms with E-state index in [0.29, 0.717) is 36.4 Å². The number of nitrogens with zero attached hydrogens (tertiary/aromatic N) is 1. The average molecular weight is 358 g/mol.